The molecule has 0 radical (unpaired) electrons. The molecule has 0 aromatic carbocycles. The standard InChI is InChI=1S/C13H15F3N2O3/c1-7(2)5-9(12(20)21)18-11(19)8-3-4-10(17-6-8)13(14,15)16/h3-4,6-7,9H,5H2,1-2H3,(H,18,19)(H,20,21)/t9-/m0/s1. The highest BCUT2D eigenvalue weighted by molar-refractivity contribution is 5.96. The fraction of sp³-hybridized carbons (Fsp3) is 0.462. The van der Waals surface area contributed by atoms with E-state index < -0.39 is 29.8 Å². The molecule has 0 saturated heterocycles. The van der Waals surface area contributed by atoms with Crippen molar-refractivity contribution in [2.24, 2.45) is 5.92 Å². The van der Waals surface area contributed by atoms with Gasteiger partial charge in [-0.2, -0.15) is 13.2 Å². The van der Waals surface area contributed by atoms with E-state index in [2.05, 4.69) is 10.3 Å². The van der Waals surface area contributed by atoms with Crippen LogP contribution in [-0.4, -0.2) is 28.0 Å². The normalized spacial score (nSPS) is 13.0. The van der Waals surface area contributed by atoms with Crippen molar-refractivity contribution in [3.63, 3.8) is 0 Å². The minimum atomic E-state index is -4.59. The number of nitrogens with zero attached hydrogens (tertiary/aromatic N) is 1. The molecule has 0 bridgehead atoms. The SMILES string of the molecule is CC(C)C[C@H](NC(=O)c1ccc(C(F)(F)F)nc1)C(=O)O. The monoisotopic (exact) mass is 304 g/mol. The molecule has 0 unspecified atom stereocenters. The summed E-state index contributed by atoms with van der Waals surface area (Å²) in [4.78, 5) is 26.0. The Hall–Kier alpha value is -2.12. The molecule has 0 aliphatic carbocycles. The summed E-state index contributed by atoms with van der Waals surface area (Å²) in [5, 5.41) is 11.3. The molecule has 0 aliphatic rings. The highest BCUT2D eigenvalue weighted by Gasteiger charge is 2.32. The zero-order chi connectivity index (χ0) is 16.2. The number of alkyl halides is 3. The van der Waals surface area contributed by atoms with Crippen LogP contribution in [0.25, 0.3) is 0 Å². The summed E-state index contributed by atoms with van der Waals surface area (Å²) < 4.78 is 37.0. The number of aliphatic carboxylic acids is 1. The van der Waals surface area contributed by atoms with Gasteiger partial charge in [0.05, 0.1) is 5.56 Å². The van der Waals surface area contributed by atoms with Crippen molar-refractivity contribution >= 4 is 11.9 Å². The fourth-order valence-corrected chi connectivity index (χ4v) is 1.63. The van der Waals surface area contributed by atoms with Gasteiger partial charge in [0.2, 0.25) is 0 Å². The van der Waals surface area contributed by atoms with Gasteiger partial charge in [0.15, 0.2) is 0 Å². The first-order valence-corrected chi connectivity index (χ1v) is 6.18. The second kappa shape index (κ2) is 6.55. The number of halogens is 3. The number of carboxylic acid groups (broad SMARTS) is 1. The van der Waals surface area contributed by atoms with Crippen molar-refractivity contribution in [3.05, 3.63) is 29.6 Å². The lowest BCUT2D eigenvalue weighted by atomic mass is 10.0. The molecule has 0 saturated carbocycles. The zero-order valence-electron chi connectivity index (χ0n) is 11.4. The lowest BCUT2D eigenvalue weighted by molar-refractivity contribution is -0.141. The van der Waals surface area contributed by atoms with Gasteiger partial charge in [-0.25, -0.2) is 4.79 Å². The van der Waals surface area contributed by atoms with Crippen LogP contribution in [0.2, 0.25) is 0 Å². The molecular formula is C13H15F3N2O3. The zero-order valence-corrected chi connectivity index (χ0v) is 11.4. The van der Waals surface area contributed by atoms with Gasteiger partial charge < -0.3 is 10.4 Å². The van der Waals surface area contributed by atoms with Crippen LogP contribution in [0.5, 0.6) is 0 Å². The van der Waals surface area contributed by atoms with E-state index in [0.29, 0.717) is 6.07 Å². The van der Waals surface area contributed by atoms with E-state index in [1.54, 1.807) is 13.8 Å². The highest BCUT2D eigenvalue weighted by Crippen LogP contribution is 2.27. The number of nitrogens with one attached hydrogen (secondary N) is 1. The van der Waals surface area contributed by atoms with Crippen molar-refractivity contribution in [1.29, 1.82) is 0 Å². The minimum absolute atomic E-state index is 0.0390. The molecule has 0 aliphatic heterocycles. The van der Waals surface area contributed by atoms with Crippen molar-refractivity contribution in [3.8, 4) is 0 Å². The van der Waals surface area contributed by atoms with Gasteiger partial charge >= 0.3 is 12.1 Å². The molecule has 1 amide bonds. The van der Waals surface area contributed by atoms with Gasteiger partial charge in [0.25, 0.3) is 5.91 Å². The molecule has 1 aromatic heterocycles. The molecule has 21 heavy (non-hydrogen) atoms. The maximum Gasteiger partial charge on any atom is 0.433 e. The number of aromatic nitrogens is 1. The maximum absolute atomic E-state index is 12.3. The predicted molar refractivity (Wildman–Crippen MR) is 67.6 cm³/mol. The first-order valence-electron chi connectivity index (χ1n) is 6.18. The van der Waals surface area contributed by atoms with Crippen LogP contribution in [0, 0.1) is 5.92 Å². The molecule has 0 spiro atoms. The second-order valence-corrected chi connectivity index (χ2v) is 4.92. The largest absolute Gasteiger partial charge is 0.480 e. The van der Waals surface area contributed by atoms with Crippen LogP contribution in [0.15, 0.2) is 18.3 Å². The Bertz CT molecular complexity index is 512. The third kappa shape index (κ3) is 5.05. The van der Waals surface area contributed by atoms with Gasteiger partial charge in [-0.15, -0.1) is 0 Å². The average Bonchev–Trinajstić information content (AvgIpc) is 2.36. The quantitative estimate of drug-likeness (QED) is 0.875. The Morgan fingerprint density at radius 2 is 1.95 bits per heavy atom. The summed E-state index contributed by atoms with van der Waals surface area (Å²) in [6, 6.07) is 0.534. The van der Waals surface area contributed by atoms with E-state index in [1.807, 2.05) is 0 Å². The van der Waals surface area contributed by atoms with Crippen molar-refractivity contribution < 1.29 is 27.9 Å². The van der Waals surface area contributed by atoms with Gasteiger partial charge in [0, 0.05) is 6.20 Å². The Morgan fingerprint density at radius 3 is 2.33 bits per heavy atom. The molecule has 8 heteroatoms. The van der Waals surface area contributed by atoms with Crippen LogP contribution >= 0.6 is 0 Å². The molecule has 1 heterocycles. The summed E-state index contributed by atoms with van der Waals surface area (Å²) in [6.07, 6.45) is -3.60. The first kappa shape index (κ1) is 16.9. The number of pyridine rings is 1. The number of amides is 1. The molecule has 1 atom stereocenters. The molecule has 2 N–H and O–H groups in total. The van der Waals surface area contributed by atoms with Crippen LogP contribution in [0.4, 0.5) is 13.2 Å². The van der Waals surface area contributed by atoms with E-state index in [1.165, 1.54) is 0 Å². The number of hydrogen-bond donors (Lipinski definition) is 2. The van der Waals surface area contributed by atoms with E-state index in [-0.39, 0.29) is 17.9 Å². The summed E-state index contributed by atoms with van der Waals surface area (Å²) in [5.74, 6) is -1.93. The van der Waals surface area contributed by atoms with Gasteiger partial charge in [0.1, 0.15) is 11.7 Å². The molecule has 116 valence electrons. The third-order valence-electron chi connectivity index (χ3n) is 2.63. The second-order valence-electron chi connectivity index (χ2n) is 4.92. The minimum Gasteiger partial charge on any atom is -0.480 e. The van der Waals surface area contributed by atoms with E-state index in [0.717, 1.165) is 12.3 Å². The number of hydrogen-bond acceptors (Lipinski definition) is 3. The average molecular weight is 304 g/mol. The lowest BCUT2D eigenvalue weighted by Crippen LogP contribution is -2.41. The summed E-state index contributed by atoms with van der Waals surface area (Å²) >= 11 is 0. The van der Waals surface area contributed by atoms with Gasteiger partial charge in [-0.3, -0.25) is 9.78 Å². The highest BCUT2D eigenvalue weighted by atomic mass is 19.4. The van der Waals surface area contributed by atoms with E-state index in [4.69, 9.17) is 5.11 Å². The van der Waals surface area contributed by atoms with Crippen molar-refractivity contribution in [2.45, 2.75) is 32.5 Å². The van der Waals surface area contributed by atoms with Crippen LogP contribution in [0.1, 0.15) is 36.3 Å². The Balaban J connectivity index is 2.81. The first-order chi connectivity index (χ1) is 9.61. The number of carboxylic acids is 1. The summed E-state index contributed by atoms with van der Waals surface area (Å²) in [6.45, 7) is 3.59. The van der Waals surface area contributed by atoms with Crippen LogP contribution < -0.4 is 5.32 Å². The van der Waals surface area contributed by atoms with E-state index >= 15 is 0 Å². The Morgan fingerprint density at radius 1 is 1.33 bits per heavy atom. The van der Waals surface area contributed by atoms with Crippen molar-refractivity contribution in [2.75, 3.05) is 0 Å². The molecule has 1 rings (SSSR count). The third-order valence-corrected chi connectivity index (χ3v) is 2.63. The fourth-order valence-electron chi connectivity index (χ4n) is 1.63. The van der Waals surface area contributed by atoms with Crippen LogP contribution in [0.3, 0.4) is 0 Å². The topological polar surface area (TPSA) is 79.3 Å². The maximum atomic E-state index is 12.3. The van der Waals surface area contributed by atoms with Gasteiger partial charge in [-0.1, -0.05) is 13.8 Å². The van der Waals surface area contributed by atoms with Crippen molar-refractivity contribution in [1.82, 2.24) is 10.3 Å². The predicted octanol–water partition coefficient (Wildman–Crippen LogP) is 2.33. The number of rotatable bonds is 5. The summed E-state index contributed by atoms with van der Waals surface area (Å²) in [5.41, 5.74) is -1.24. The Labute approximate surface area is 119 Å². The molecule has 1 aromatic rings. The van der Waals surface area contributed by atoms with E-state index in [9.17, 15) is 22.8 Å². The summed E-state index contributed by atoms with van der Waals surface area (Å²) in [7, 11) is 0. The molecule has 5 nitrogen and oxygen atoms in total. The lowest BCUT2D eigenvalue weighted by Gasteiger charge is -2.16. The number of carbonyl (C=O) groups excluding carboxylic acids is 1. The van der Waals surface area contributed by atoms with Gasteiger partial charge in [-0.05, 0) is 24.5 Å². The Kier molecular flexibility index (Phi) is 5.28. The number of carbonyl (C=O) groups is 2. The molecular weight excluding hydrogens is 289 g/mol. The smallest absolute Gasteiger partial charge is 0.433 e. The van der Waals surface area contributed by atoms with Crippen LogP contribution in [-0.2, 0) is 11.0 Å². The molecule has 0 fully saturated rings.